The van der Waals surface area contributed by atoms with Crippen LogP contribution in [0.25, 0.3) is 6.08 Å². The van der Waals surface area contributed by atoms with E-state index in [1.807, 2.05) is 30.3 Å². The zero-order valence-electron chi connectivity index (χ0n) is 13.3. The average Bonchev–Trinajstić information content (AvgIpc) is 2.53. The molecule has 5 nitrogen and oxygen atoms in total. The second kappa shape index (κ2) is 7.87. The van der Waals surface area contributed by atoms with Gasteiger partial charge in [-0.2, -0.15) is 0 Å². The predicted molar refractivity (Wildman–Crippen MR) is 90.9 cm³/mol. The first-order valence-corrected chi connectivity index (χ1v) is 9.16. The molecule has 0 radical (unpaired) electrons. The molecule has 1 aliphatic rings. The fourth-order valence-electron chi connectivity index (χ4n) is 2.41. The predicted octanol–water partition coefficient (Wildman–Crippen LogP) is 1.21. The normalized spacial score (nSPS) is 19.5. The third-order valence-corrected chi connectivity index (χ3v) is 5.04. The van der Waals surface area contributed by atoms with Gasteiger partial charge in [-0.3, -0.25) is 4.90 Å². The van der Waals surface area contributed by atoms with Gasteiger partial charge in [0.05, 0.1) is 0 Å². The van der Waals surface area contributed by atoms with Crippen molar-refractivity contribution in [3.05, 3.63) is 41.3 Å². The van der Waals surface area contributed by atoms with Crippen molar-refractivity contribution in [1.82, 2.24) is 14.5 Å². The SMILES string of the molecule is CC(CNS(=O)(=O)C=Cc1ccccc1)N1CCN(C)CC1. The molecule has 0 amide bonds. The minimum Gasteiger partial charge on any atom is -0.304 e. The fraction of sp³-hybridized carbons (Fsp3) is 0.500. The molecule has 1 atom stereocenters. The number of hydrogen-bond acceptors (Lipinski definition) is 4. The Balaban J connectivity index is 1.83. The number of rotatable bonds is 6. The van der Waals surface area contributed by atoms with E-state index in [2.05, 4.69) is 28.5 Å². The van der Waals surface area contributed by atoms with Crippen LogP contribution in [0.1, 0.15) is 12.5 Å². The van der Waals surface area contributed by atoms with Gasteiger partial charge in [-0.05, 0) is 25.6 Å². The van der Waals surface area contributed by atoms with Crippen LogP contribution in [0.4, 0.5) is 0 Å². The topological polar surface area (TPSA) is 52.7 Å². The van der Waals surface area contributed by atoms with E-state index in [4.69, 9.17) is 0 Å². The molecule has 0 saturated carbocycles. The first-order valence-electron chi connectivity index (χ1n) is 7.62. The highest BCUT2D eigenvalue weighted by Gasteiger charge is 2.20. The van der Waals surface area contributed by atoms with Crippen molar-refractivity contribution >= 4 is 16.1 Å². The number of sulfonamides is 1. The highest BCUT2D eigenvalue weighted by molar-refractivity contribution is 7.92. The van der Waals surface area contributed by atoms with E-state index in [9.17, 15) is 8.42 Å². The maximum atomic E-state index is 12.0. The lowest BCUT2D eigenvalue weighted by molar-refractivity contribution is 0.120. The number of likely N-dealkylation sites (N-methyl/N-ethyl adjacent to an activating group) is 1. The first kappa shape index (κ1) is 17.1. The smallest absolute Gasteiger partial charge is 0.233 e. The second-order valence-corrected chi connectivity index (χ2v) is 7.45. The molecule has 1 aromatic carbocycles. The maximum absolute atomic E-state index is 12.0. The fourth-order valence-corrected chi connectivity index (χ4v) is 3.31. The molecule has 0 aromatic heterocycles. The quantitative estimate of drug-likeness (QED) is 0.855. The summed E-state index contributed by atoms with van der Waals surface area (Å²) in [5.41, 5.74) is 0.875. The van der Waals surface area contributed by atoms with Crippen LogP contribution in [0, 0.1) is 0 Å². The Bertz CT molecular complexity index is 579. The number of nitrogens with zero attached hydrogens (tertiary/aromatic N) is 2. The van der Waals surface area contributed by atoms with Crippen LogP contribution in [0.2, 0.25) is 0 Å². The van der Waals surface area contributed by atoms with E-state index in [0.717, 1.165) is 31.7 Å². The minimum atomic E-state index is -3.39. The Hall–Kier alpha value is -1.21. The lowest BCUT2D eigenvalue weighted by atomic mass is 10.2. The minimum absolute atomic E-state index is 0.202. The Kier molecular flexibility index (Phi) is 6.14. The molecule has 22 heavy (non-hydrogen) atoms. The van der Waals surface area contributed by atoms with E-state index < -0.39 is 10.0 Å². The van der Waals surface area contributed by atoms with Crippen LogP contribution < -0.4 is 4.72 Å². The van der Waals surface area contributed by atoms with Gasteiger partial charge in [0.15, 0.2) is 0 Å². The van der Waals surface area contributed by atoms with Gasteiger partial charge in [-0.15, -0.1) is 0 Å². The maximum Gasteiger partial charge on any atom is 0.233 e. The largest absolute Gasteiger partial charge is 0.304 e. The standard InChI is InChI=1S/C16H25N3O2S/c1-15(19-11-9-18(2)10-12-19)14-17-22(20,21)13-8-16-6-4-3-5-7-16/h3-8,13,15,17H,9-12,14H2,1-2H3. The molecule has 122 valence electrons. The zero-order valence-corrected chi connectivity index (χ0v) is 14.1. The average molecular weight is 323 g/mol. The van der Waals surface area contributed by atoms with Gasteiger partial charge in [0.1, 0.15) is 0 Å². The molecule has 1 fully saturated rings. The number of hydrogen-bond donors (Lipinski definition) is 1. The molecule has 6 heteroatoms. The second-order valence-electron chi connectivity index (χ2n) is 5.80. The summed E-state index contributed by atoms with van der Waals surface area (Å²) >= 11 is 0. The summed E-state index contributed by atoms with van der Waals surface area (Å²) in [6, 6.07) is 9.62. The van der Waals surface area contributed by atoms with Gasteiger partial charge < -0.3 is 4.90 Å². The van der Waals surface area contributed by atoms with Crippen molar-refractivity contribution in [2.45, 2.75) is 13.0 Å². The first-order chi connectivity index (χ1) is 10.5. The summed E-state index contributed by atoms with van der Waals surface area (Å²) in [6.45, 7) is 6.54. The molecule has 1 N–H and O–H groups in total. The van der Waals surface area contributed by atoms with Crippen molar-refractivity contribution in [3.8, 4) is 0 Å². The van der Waals surface area contributed by atoms with Gasteiger partial charge >= 0.3 is 0 Å². The zero-order chi connectivity index (χ0) is 16.0. The van der Waals surface area contributed by atoms with Crippen LogP contribution >= 0.6 is 0 Å². The van der Waals surface area contributed by atoms with Crippen molar-refractivity contribution < 1.29 is 8.42 Å². The summed E-state index contributed by atoms with van der Waals surface area (Å²) in [5, 5.41) is 1.24. The summed E-state index contributed by atoms with van der Waals surface area (Å²) < 4.78 is 26.7. The molecule has 0 spiro atoms. The van der Waals surface area contributed by atoms with Gasteiger partial charge in [0.25, 0.3) is 0 Å². The highest BCUT2D eigenvalue weighted by Crippen LogP contribution is 2.06. The Morgan fingerprint density at radius 2 is 1.82 bits per heavy atom. The van der Waals surface area contributed by atoms with Crippen molar-refractivity contribution in [2.24, 2.45) is 0 Å². The molecule has 1 unspecified atom stereocenters. The van der Waals surface area contributed by atoms with Crippen LogP contribution in [-0.2, 0) is 10.0 Å². The molecular formula is C16H25N3O2S. The molecule has 1 heterocycles. The number of nitrogens with one attached hydrogen (secondary N) is 1. The Morgan fingerprint density at radius 1 is 1.18 bits per heavy atom. The van der Waals surface area contributed by atoms with Crippen LogP contribution in [-0.4, -0.2) is 64.0 Å². The van der Waals surface area contributed by atoms with E-state index in [1.54, 1.807) is 6.08 Å². The molecule has 0 aliphatic carbocycles. The monoisotopic (exact) mass is 323 g/mol. The number of benzene rings is 1. The van der Waals surface area contributed by atoms with Crippen LogP contribution in [0.3, 0.4) is 0 Å². The molecule has 1 aromatic rings. The van der Waals surface area contributed by atoms with E-state index in [-0.39, 0.29) is 6.04 Å². The lowest BCUT2D eigenvalue weighted by Crippen LogP contribution is -2.51. The summed E-state index contributed by atoms with van der Waals surface area (Å²) in [6.07, 6.45) is 1.61. The van der Waals surface area contributed by atoms with Gasteiger partial charge in [-0.1, -0.05) is 30.3 Å². The summed E-state index contributed by atoms with van der Waals surface area (Å²) in [5.74, 6) is 0. The Labute approximate surface area is 133 Å². The number of piperazine rings is 1. The van der Waals surface area contributed by atoms with Crippen molar-refractivity contribution in [2.75, 3.05) is 39.8 Å². The molecule has 0 bridgehead atoms. The van der Waals surface area contributed by atoms with E-state index >= 15 is 0 Å². The summed E-state index contributed by atoms with van der Waals surface area (Å²) in [7, 11) is -1.28. The third kappa shape index (κ3) is 5.53. The van der Waals surface area contributed by atoms with Crippen molar-refractivity contribution in [1.29, 1.82) is 0 Å². The highest BCUT2D eigenvalue weighted by atomic mass is 32.2. The molecule has 1 saturated heterocycles. The lowest BCUT2D eigenvalue weighted by Gasteiger charge is -2.36. The van der Waals surface area contributed by atoms with Crippen molar-refractivity contribution in [3.63, 3.8) is 0 Å². The summed E-state index contributed by atoms with van der Waals surface area (Å²) in [4.78, 5) is 4.61. The molecule has 1 aliphatic heterocycles. The van der Waals surface area contributed by atoms with Crippen LogP contribution in [0.15, 0.2) is 35.7 Å². The van der Waals surface area contributed by atoms with E-state index in [0.29, 0.717) is 6.54 Å². The molecular weight excluding hydrogens is 298 g/mol. The third-order valence-electron chi connectivity index (χ3n) is 3.98. The van der Waals surface area contributed by atoms with Gasteiger partial charge in [0, 0.05) is 44.2 Å². The van der Waals surface area contributed by atoms with Gasteiger partial charge in [-0.25, -0.2) is 13.1 Å². The molecule has 2 rings (SSSR count). The Morgan fingerprint density at radius 3 is 2.45 bits per heavy atom. The van der Waals surface area contributed by atoms with Crippen LogP contribution in [0.5, 0.6) is 0 Å². The van der Waals surface area contributed by atoms with E-state index in [1.165, 1.54) is 5.41 Å². The van der Waals surface area contributed by atoms with Gasteiger partial charge in [0.2, 0.25) is 10.0 Å².